The van der Waals surface area contributed by atoms with Crippen molar-refractivity contribution in [2.45, 2.75) is 123 Å². The van der Waals surface area contributed by atoms with Crippen molar-refractivity contribution in [1.29, 1.82) is 0 Å². The molecule has 4 aliphatic carbocycles. The minimum Gasteiger partial charge on any atom is -0.393 e. The Balaban J connectivity index is 1.41. The molecule has 9 atom stereocenters. The van der Waals surface area contributed by atoms with Gasteiger partial charge in [-0.1, -0.05) is 59.1 Å². The Morgan fingerprint density at radius 1 is 1.03 bits per heavy atom. The zero-order chi connectivity index (χ0) is 22.4. The van der Waals surface area contributed by atoms with Gasteiger partial charge in [-0.25, -0.2) is 0 Å². The summed E-state index contributed by atoms with van der Waals surface area (Å²) >= 11 is 0. The molecule has 4 rings (SSSR count). The van der Waals surface area contributed by atoms with Crippen LogP contribution in [0.15, 0.2) is 11.6 Å². The van der Waals surface area contributed by atoms with Gasteiger partial charge in [0, 0.05) is 0 Å². The first-order chi connectivity index (χ1) is 14.7. The molecular weight excluding hydrogens is 380 g/mol. The van der Waals surface area contributed by atoms with Crippen molar-refractivity contribution in [3.8, 4) is 0 Å². The highest BCUT2D eigenvalue weighted by molar-refractivity contribution is 5.22. The van der Waals surface area contributed by atoms with Gasteiger partial charge in [-0.05, 0) is 111 Å². The molecule has 0 aromatic heterocycles. The highest BCUT2D eigenvalue weighted by Gasteiger charge is 2.57. The lowest BCUT2D eigenvalue weighted by atomic mass is 9.50. The quantitative estimate of drug-likeness (QED) is 0.421. The fourth-order valence-electron chi connectivity index (χ4n) is 8.83. The second kappa shape index (κ2) is 9.13. The summed E-state index contributed by atoms with van der Waals surface area (Å²) in [5.74, 6) is 5.49. The van der Waals surface area contributed by atoms with Crippen LogP contribution in [0.25, 0.3) is 0 Å². The van der Waals surface area contributed by atoms with Crippen LogP contribution in [0, 0.1) is 46.8 Å². The van der Waals surface area contributed by atoms with E-state index in [2.05, 4.69) is 40.7 Å². The molecule has 3 fully saturated rings. The number of hydrogen-bond donors (Lipinski definition) is 2. The van der Waals surface area contributed by atoms with Crippen molar-refractivity contribution in [1.82, 2.24) is 0 Å². The van der Waals surface area contributed by atoms with Crippen molar-refractivity contribution in [2.75, 3.05) is 0 Å². The van der Waals surface area contributed by atoms with Gasteiger partial charge in [0.15, 0.2) is 0 Å². The fraction of sp³-hybridized carbons (Fsp3) is 0.931. The van der Waals surface area contributed by atoms with Crippen molar-refractivity contribution in [3.63, 3.8) is 0 Å². The van der Waals surface area contributed by atoms with E-state index in [1.807, 2.05) is 0 Å². The summed E-state index contributed by atoms with van der Waals surface area (Å²) in [6, 6.07) is 0. The molecule has 0 bridgehead atoms. The van der Waals surface area contributed by atoms with Gasteiger partial charge in [0.25, 0.3) is 0 Å². The highest BCUT2D eigenvalue weighted by atomic mass is 16.3. The molecule has 0 aliphatic heterocycles. The first kappa shape index (κ1) is 23.8. The molecule has 31 heavy (non-hydrogen) atoms. The molecule has 0 heterocycles. The van der Waals surface area contributed by atoms with E-state index >= 15 is 0 Å². The first-order valence-corrected chi connectivity index (χ1v) is 13.8. The van der Waals surface area contributed by atoms with Crippen molar-refractivity contribution < 1.29 is 10.2 Å². The fourth-order valence-corrected chi connectivity index (χ4v) is 8.83. The van der Waals surface area contributed by atoms with Gasteiger partial charge in [-0.2, -0.15) is 0 Å². The van der Waals surface area contributed by atoms with Crippen molar-refractivity contribution in [3.05, 3.63) is 11.6 Å². The highest BCUT2D eigenvalue weighted by Crippen LogP contribution is 2.65. The van der Waals surface area contributed by atoms with E-state index in [1.165, 1.54) is 51.4 Å². The average Bonchev–Trinajstić information content (AvgIpc) is 3.10. The van der Waals surface area contributed by atoms with Crippen LogP contribution >= 0.6 is 0 Å². The SMILES string of the molecule is CC[C@]1(O)CC[C@H]2C(=CC[C@@H]3[C@@H]2CC[C@]2(C)[C@@H]([C@H](C)CCCC(O)C(C)C)CC[C@@H]32)C1. The van der Waals surface area contributed by atoms with E-state index in [-0.39, 0.29) is 6.10 Å². The Bertz CT molecular complexity index is 653. The summed E-state index contributed by atoms with van der Waals surface area (Å²) in [6.45, 7) is 11.6. The van der Waals surface area contributed by atoms with Gasteiger partial charge in [-0.3, -0.25) is 0 Å². The van der Waals surface area contributed by atoms with Crippen LogP contribution in [-0.4, -0.2) is 21.9 Å². The van der Waals surface area contributed by atoms with Crippen LogP contribution in [0.2, 0.25) is 0 Å². The molecule has 0 spiro atoms. The van der Waals surface area contributed by atoms with Crippen LogP contribution in [-0.2, 0) is 0 Å². The van der Waals surface area contributed by atoms with Gasteiger partial charge in [-0.15, -0.1) is 0 Å². The molecule has 178 valence electrons. The third-order valence-electron chi connectivity index (χ3n) is 10.9. The first-order valence-electron chi connectivity index (χ1n) is 13.8. The standard InChI is InChI=1S/C29H50O2/c1-6-29(31)17-15-22-21(18-29)10-11-24-23(22)14-16-28(5)25(12-13-26(24)28)20(4)8-7-9-27(30)19(2)3/h10,19-20,22-27,30-31H,6-9,11-18H2,1-5H3/t20-,22+,23-,24-,25-,26+,27?,28-,29+/m1/s1. The van der Waals surface area contributed by atoms with Crippen molar-refractivity contribution in [2.24, 2.45) is 46.8 Å². The number of aliphatic hydroxyl groups excluding tert-OH is 1. The van der Waals surface area contributed by atoms with Gasteiger partial charge >= 0.3 is 0 Å². The van der Waals surface area contributed by atoms with Crippen LogP contribution in [0.1, 0.15) is 112 Å². The predicted octanol–water partition coefficient (Wildman–Crippen LogP) is 7.14. The minimum atomic E-state index is -0.421. The monoisotopic (exact) mass is 430 g/mol. The maximum Gasteiger partial charge on any atom is 0.0682 e. The average molecular weight is 431 g/mol. The number of fused-ring (bicyclic) bond motifs is 5. The largest absolute Gasteiger partial charge is 0.393 e. The van der Waals surface area contributed by atoms with E-state index in [0.717, 1.165) is 61.2 Å². The molecular formula is C29H50O2. The Kier molecular flexibility index (Phi) is 7.01. The summed E-state index contributed by atoms with van der Waals surface area (Å²) < 4.78 is 0. The molecule has 1 unspecified atom stereocenters. The van der Waals surface area contributed by atoms with Crippen LogP contribution in [0.3, 0.4) is 0 Å². The minimum absolute atomic E-state index is 0.126. The van der Waals surface area contributed by atoms with Crippen LogP contribution < -0.4 is 0 Å². The molecule has 0 aromatic carbocycles. The number of hydrogen-bond acceptors (Lipinski definition) is 2. The van der Waals surface area contributed by atoms with Gasteiger partial charge in [0.05, 0.1) is 11.7 Å². The summed E-state index contributed by atoms with van der Waals surface area (Å²) in [5.41, 5.74) is 1.73. The lowest BCUT2D eigenvalue weighted by Gasteiger charge is -2.55. The zero-order valence-electron chi connectivity index (χ0n) is 21.1. The Morgan fingerprint density at radius 3 is 2.52 bits per heavy atom. The smallest absolute Gasteiger partial charge is 0.0682 e. The van der Waals surface area contributed by atoms with E-state index in [9.17, 15) is 10.2 Å². The van der Waals surface area contributed by atoms with E-state index < -0.39 is 5.60 Å². The summed E-state index contributed by atoms with van der Waals surface area (Å²) in [6.07, 6.45) is 17.0. The zero-order valence-corrected chi connectivity index (χ0v) is 21.1. The third-order valence-corrected chi connectivity index (χ3v) is 10.9. The predicted molar refractivity (Wildman–Crippen MR) is 130 cm³/mol. The normalized spacial score (nSPS) is 44.3. The van der Waals surface area contributed by atoms with Crippen molar-refractivity contribution >= 4 is 0 Å². The summed E-state index contributed by atoms with van der Waals surface area (Å²) in [4.78, 5) is 0. The second-order valence-electron chi connectivity index (χ2n) is 12.8. The summed E-state index contributed by atoms with van der Waals surface area (Å²) in [7, 11) is 0. The third kappa shape index (κ3) is 4.42. The number of rotatable bonds is 7. The van der Waals surface area contributed by atoms with Crippen LogP contribution in [0.4, 0.5) is 0 Å². The molecule has 0 aromatic rings. The van der Waals surface area contributed by atoms with Gasteiger partial charge in [0.2, 0.25) is 0 Å². The Labute approximate surface area is 192 Å². The maximum atomic E-state index is 10.9. The molecule has 2 heteroatoms. The molecule has 2 N–H and O–H groups in total. The molecule has 0 radical (unpaired) electrons. The van der Waals surface area contributed by atoms with E-state index in [1.54, 1.807) is 5.57 Å². The van der Waals surface area contributed by atoms with E-state index in [0.29, 0.717) is 11.3 Å². The lowest BCUT2D eigenvalue weighted by molar-refractivity contribution is -0.0461. The molecule has 3 saturated carbocycles. The molecule has 0 amide bonds. The maximum absolute atomic E-state index is 10.9. The Hall–Kier alpha value is -0.340. The Morgan fingerprint density at radius 2 is 1.81 bits per heavy atom. The molecule has 4 aliphatic rings. The van der Waals surface area contributed by atoms with E-state index in [4.69, 9.17) is 0 Å². The van der Waals surface area contributed by atoms with Gasteiger partial charge in [0.1, 0.15) is 0 Å². The molecule has 2 nitrogen and oxygen atoms in total. The lowest BCUT2D eigenvalue weighted by Crippen LogP contribution is -2.48. The number of allylic oxidation sites excluding steroid dienone is 1. The summed E-state index contributed by atoms with van der Waals surface area (Å²) in [5, 5.41) is 21.1. The molecule has 0 saturated heterocycles. The number of aliphatic hydroxyl groups is 2. The topological polar surface area (TPSA) is 40.5 Å². The second-order valence-corrected chi connectivity index (χ2v) is 12.8. The van der Waals surface area contributed by atoms with Gasteiger partial charge < -0.3 is 10.2 Å². The van der Waals surface area contributed by atoms with Crippen LogP contribution in [0.5, 0.6) is 0 Å².